The first-order chi connectivity index (χ1) is 15.3. The van der Waals surface area contributed by atoms with Crippen LogP contribution in [-0.4, -0.2) is 0 Å². The minimum absolute atomic E-state index is 0.120. The molecule has 0 radical (unpaired) electrons. The highest BCUT2D eigenvalue weighted by atomic mass is 19.4. The molecule has 0 unspecified atom stereocenters. The molecule has 1 aliphatic carbocycles. The smallest absolute Gasteiger partial charge is 0.398 e. The van der Waals surface area contributed by atoms with Gasteiger partial charge in [0.2, 0.25) is 0 Å². The van der Waals surface area contributed by atoms with Crippen LogP contribution in [0.4, 0.5) is 18.9 Å². The third-order valence-electron chi connectivity index (χ3n) is 5.68. The van der Waals surface area contributed by atoms with Crippen molar-refractivity contribution >= 4 is 11.4 Å². The predicted molar refractivity (Wildman–Crippen MR) is 127 cm³/mol. The molecule has 1 saturated carbocycles. The Hall–Kier alpha value is -2.95. The number of halogens is 3. The summed E-state index contributed by atoms with van der Waals surface area (Å²) >= 11 is 0. The maximum absolute atomic E-state index is 13.4. The molecule has 0 aromatic heterocycles. The van der Waals surface area contributed by atoms with Gasteiger partial charge in [-0.05, 0) is 61.8 Å². The van der Waals surface area contributed by atoms with Gasteiger partial charge >= 0.3 is 6.18 Å². The third-order valence-corrected chi connectivity index (χ3v) is 5.68. The molecule has 0 bridgehead atoms. The van der Waals surface area contributed by atoms with Crippen LogP contribution in [0, 0.1) is 5.92 Å². The average molecular weight is 441 g/mol. The van der Waals surface area contributed by atoms with E-state index < -0.39 is 11.7 Å². The lowest BCUT2D eigenvalue weighted by Crippen LogP contribution is -2.13. The monoisotopic (exact) mass is 440 g/mol. The van der Waals surface area contributed by atoms with Crippen molar-refractivity contribution in [2.24, 2.45) is 5.92 Å². The first-order valence-electron chi connectivity index (χ1n) is 11.2. The summed E-state index contributed by atoms with van der Waals surface area (Å²) in [5.41, 5.74) is 9.86. The molecule has 0 spiro atoms. The van der Waals surface area contributed by atoms with Crippen molar-refractivity contribution < 1.29 is 13.2 Å². The van der Waals surface area contributed by atoms with Gasteiger partial charge in [0.25, 0.3) is 0 Å². The van der Waals surface area contributed by atoms with Crippen molar-refractivity contribution in [3.63, 3.8) is 0 Å². The summed E-state index contributed by atoms with van der Waals surface area (Å²) in [6, 6.07) is 13.0. The van der Waals surface area contributed by atoms with Crippen molar-refractivity contribution in [1.29, 1.82) is 0 Å². The summed E-state index contributed by atoms with van der Waals surface area (Å²) in [4.78, 5) is 0. The number of alkyl halides is 3. The number of benzene rings is 2. The Labute approximate surface area is 188 Å². The highest BCUT2D eigenvalue weighted by Gasteiger charge is 2.32. The van der Waals surface area contributed by atoms with Crippen LogP contribution in [0.15, 0.2) is 78.5 Å². The molecule has 2 nitrogen and oxygen atoms in total. The second-order valence-corrected chi connectivity index (χ2v) is 8.31. The van der Waals surface area contributed by atoms with Gasteiger partial charge < -0.3 is 11.1 Å². The first-order valence-corrected chi connectivity index (χ1v) is 11.2. The van der Waals surface area contributed by atoms with E-state index in [-0.39, 0.29) is 12.0 Å². The quantitative estimate of drug-likeness (QED) is 0.296. The standard InChI is InChI=1S/C27H31F3N2/c1-3-4-9-22(20-14-15-20)18-19(2)32-26(23-11-6-8-13-25(23)31)17-16-21-10-5-7-12-24(21)27(28,29)30/h5-8,10-13,17-18,20,32H,2-4,9,14-16,31H2,1H3/b22-18+,26-17+. The van der Waals surface area contributed by atoms with E-state index in [1.807, 2.05) is 18.2 Å². The van der Waals surface area contributed by atoms with Crippen molar-refractivity contribution in [3.05, 3.63) is 95.2 Å². The molecule has 0 aliphatic heterocycles. The molecule has 3 rings (SSSR count). The number of anilines is 1. The van der Waals surface area contributed by atoms with Gasteiger partial charge in [0.05, 0.1) is 5.56 Å². The molecule has 0 saturated heterocycles. The number of rotatable bonds is 10. The number of unbranched alkanes of at least 4 members (excludes halogenated alkanes) is 1. The number of allylic oxidation sites excluding steroid dienone is 3. The van der Waals surface area contributed by atoms with Crippen molar-refractivity contribution in [2.45, 2.75) is 51.6 Å². The van der Waals surface area contributed by atoms with Crippen molar-refractivity contribution in [2.75, 3.05) is 5.73 Å². The van der Waals surface area contributed by atoms with E-state index in [0.29, 0.717) is 17.3 Å². The molecular formula is C27H31F3N2. The van der Waals surface area contributed by atoms with Crippen LogP contribution in [0.25, 0.3) is 5.70 Å². The molecule has 2 aromatic rings. The highest BCUT2D eigenvalue weighted by Crippen LogP contribution is 2.39. The second kappa shape index (κ2) is 10.6. The molecule has 3 N–H and O–H groups in total. The Morgan fingerprint density at radius 2 is 1.81 bits per heavy atom. The van der Waals surface area contributed by atoms with E-state index in [1.165, 1.54) is 30.5 Å². The van der Waals surface area contributed by atoms with Crippen LogP contribution in [0.5, 0.6) is 0 Å². The lowest BCUT2D eigenvalue weighted by atomic mass is 10.0. The third kappa shape index (κ3) is 6.52. The topological polar surface area (TPSA) is 38.0 Å². The highest BCUT2D eigenvalue weighted by molar-refractivity contribution is 5.75. The minimum Gasteiger partial charge on any atom is -0.398 e. The maximum Gasteiger partial charge on any atom is 0.416 e. The molecule has 1 fully saturated rings. The molecule has 2 aromatic carbocycles. The van der Waals surface area contributed by atoms with Crippen molar-refractivity contribution in [1.82, 2.24) is 5.32 Å². The summed E-state index contributed by atoms with van der Waals surface area (Å²) in [7, 11) is 0. The Morgan fingerprint density at radius 3 is 2.47 bits per heavy atom. The molecule has 0 amide bonds. The van der Waals surface area contributed by atoms with Crippen LogP contribution >= 0.6 is 0 Å². The van der Waals surface area contributed by atoms with Crippen LogP contribution < -0.4 is 11.1 Å². The minimum atomic E-state index is -4.39. The number of nitrogen functional groups attached to an aromatic ring is 1. The SMILES string of the molecule is C=C(/C=C(\CCCC)C1CC1)N/C(=C/Cc1ccccc1C(F)(F)F)c1ccccc1N. The van der Waals surface area contributed by atoms with E-state index in [1.54, 1.807) is 18.2 Å². The van der Waals surface area contributed by atoms with E-state index >= 15 is 0 Å². The van der Waals surface area contributed by atoms with Crippen LogP contribution in [0.1, 0.15) is 55.7 Å². The second-order valence-electron chi connectivity index (χ2n) is 8.31. The van der Waals surface area contributed by atoms with Crippen LogP contribution in [0.2, 0.25) is 0 Å². The molecule has 0 heterocycles. The van der Waals surface area contributed by atoms with Gasteiger partial charge in [-0.3, -0.25) is 0 Å². The maximum atomic E-state index is 13.4. The fourth-order valence-corrected chi connectivity index (χ4v) is 3.82. The van der Waals surface area contributed by atoms with Gasteiger partial charge in [0.15, 0.2) is 0 Å². The van der Waals surface area contributed by atoms with E-state index in [0.717, 1.165) is 36.6 Å². The van der Waals surface area contributed by atoms with Gasteiger partial charge in [0.1, 0.15) is 0 Å². The van der Waals surface area contributed by atoms with Crippen molar-refractivity contribution in [3.8, 4) is 0 Å². The molecule has 5 heteroatoms. The number of hydrogen-bond acceptors (Lipinski definition) is 2. The van der Waals surface area contributed by atoms with Gasteiger partial charge in [-0.25, -0.2) is 0 Å². The molecule has 32 heavy (non-hydrogen) atoms. The van der Waals surface area contributed by atoms with Crippen LogP contribution in [0.3, 0.4) is 0 Å². The van der Waals surface area contributed by atoms with E-state index in [2.05, 4.69) is 24.9 Å². The van der Waals surface area contributed by atoms with Gasteiger partial charge in [-0.15, -0.1) is 0 Å². The zero-order valence-electron chi connectivity index (χ0n) is 18.5. The predicted octanol–water partition coefficient (Wildman–Crippen LogP) is 7.50. The number of nitrogens with one attached hydrogen (secondary N) is 1. The number of hydrogen-bond donors (Lipinski definition) is 2. The molecule has 0 atom stereocenters. The number of para-hydroxylation sites is 1. The van der Waals surface area contributed by atoms with Gasteiger partial charge in [-0.1, -0.05) is 68.0 Å². The average Bonchev–Trinajstić information content (AvgIpc) is 3.59. The number of nitrogens with two attached hydrogens (primary N) is 1. The molecular weight excluding hydrogens is 409 g/mol. The Morgan fingerprint density at radius 1 is 1.12 bits per heavy atom. The zero-order valence-corrected chi connectivity index (χ0v) is 18.5. The lowest BCUT2D eigenvalue weighted by molar-refractivity contribution is -0.138. The van der Waals surface area contributed by atoms with Crippen LogP contribution in [-0.2, 0) is 12.6 Å². The van der Waals surface area contributed by atoms with E-state index in [9.17, 15) is 13.2 Å². The summed E-state index contributed by atoms with van der Waals surface area (Å²) in [6.07, 6.45) is 5.34. The normalized spacial score (nSPS) is 15.0. The van der Waals surface area contributed by atoms with Gasteiger partial charge in [-0.2, -0.15) is 13.2 Å². The Kier molecular flexibility index (Phi) is 7.84. The van der Waals surface area contributed by atoms with E-state index in [4.69, 9.17) is 5.73 Å². The lowest BCUT2D eigenvalue weighted by Gasteiger charge is -2.16. The first kappa shape index (κ1) is 23.7. The fraction of sp³-hybridized carbons (Fsp3) is 0.333. The summed E-state index contributed by atoms with van der Waals surface area (Å²) in [6.45, 7) is 6.35. The van der Waals surface area contributed by atoms with Gasteiger partial charge in [0, 0.05) is 22.6 Å². The summed E-state index contributed by atoms with van der Waals surface area (Å²) in [5.74, 6) is 0.632. The molecule has 1 aliphatic rings. The largest absolute Gasteiger partial charge is 0.416 e. The zero-order chi connectivity index (χ0) is 23.1. The Bertz CT molecular complexity index is 998. The molecule has 170 valence electrons. The Balaban J connectivity index is 1.89. The summed E-state index contributed by atoms with van der Waals surface area (Å²) < 4.78 is 40.3. The fourth-order valence-electron chi connectivity index (χ4n) is 3.82. The summed E-state index contributed by atoms with van der Waals surface area (Å²) in [5, 5.41) is 3.32.